The summed E-state index contributed by atoms with van der Waals surface area (Å²) in [6, 6.07) is 14.1. The summed E-state index contributed by atoms with van der Waals surface area (Å²) in [6.07, 6.45) is 1.34. The van der Waals surface area contributed by atoms with Crippen LogP contribution in [0.1, 0.15) is 22.8 Å². The van der Waals surface area contributed by atoms with Crippen molar-refractivity contribution < 1.29 is 19.2 Å². The smallest absolute Gasteiger partial charge is 0.354 e. The highest BCUT2D eigenvalue weighted by atomic mass is 16.6. The number of benzene rings is 2. The van der Waals surface area contributed by atoms with Crippen LogP contribution in [-0.4, -0.2) is 23.4 Å². The fourth-order valence-electron chi connectivity index (χ4n) is 2.03. The normalized spacial score (nSPS) is 10.8. The van der Waals surface area contributed by atoms with Crippen molar-refractivity contribution in [2.75, 3.05) is 6.61 Å². The topological polar surface area (TPSA) is 98.5 Å². The lowest BCUT2D eigenvalue weighted by atomic mass is 10.1. The SMILES string of the molecule is CCOC(=O)/C(=C/c1cccc([N+](=O)[O-])c1)NC(=O)c1ccccc1. The first-order valence-corrected chi connectivity index (χ1v) is 7.51. The largest absolute Gasteiger partial charge is 0.461 e. The Morgan fingerprint density at radius 3 is 2.52 bits per heavy atom. The molecule has 1 amide bonds. The van der Waals surface area contributed by atoms with Crippen molar-refractivity contribution in [3.05, 3.63) is 81.5 Å². The zero-order valence-electron chi connectivity index (χ0n) is 13.5. The molecule has 128 valence electrons. The van der Waals surface area contributed by atoms with Gasteiger partial charge in [-0.15, -0.1) is 0 Å². The predicted molar refractivity (Wildman–Crippen MR) is 91.6 cm³/mol. The Morgan fingerprint density at radius 2 is 1.88 bits per heavy atom. The number of ether oxygens (including phenoxy) is 1. The van der Waals surface area contributed by atoms with Gasteiger partial charge in [-0.1, -0.05) is 30.3 Å². The van der Waals surface area contributed by atoms with Gasteiger partial charge < -0.3 is 10.1 Å². The molecular weight excluding hydrogens is 324 g/mol. The number of nitrogens with one attached hydrogen (secondary N) is 1. The lowest BCUT2D eigenvalue weighted by Crippen LogP contribution is -2.28. The highest BCUT2D eigenvalue weighted by Crippen LogP contribution is 2.16. The molecule has 2 rings (SSSR count). The molecule has 0 aromatic heterocycles. The second-order valence-corrected chi connectivity index (χ2v) is 4.95. The molecule has 1 N–H and O–H groups in total. The standard InChI is InChI=1S/C18H16N2O5/c1-2-25-18(22)16(19-17(21)14-8-4-3-5-9-14)12-13-7-6-10-15(11-13)20(23)24/h3-12H,2H2,1H3,(H,19,21)/b16-12-. The molecule has 0 bridgehead atoms. The average Bonchev–Trinajstić information content (AvgIpc) is 2.62. The number of nitrogens with zero attached hydrogens (tertiary/aromatic N) is 1. The average molecular weight is 340 g/mol. The summed E-state index contributed by atoms with van der Waals surface area (Å²) in [5, 5.41) is 13.4. The van der Waals surface area contributed by atoms with E-state index in [1.165, 1.54) is 24.3 Å². The van der Waals surface area contributed by atoms with Gasteiger partial charge in [0.25, 0.3) is 11.6 Å². The first kappa shape index (κ1) is 17.9. The van der Waals surface area contributed by atoms with Crippen LogP contribution in [0.25, 0.3) is 6.08 Å². The fraction of sp³-hybridized carbons (Fsp3) is 0.111. The summed E-state index contributed by atoms with van der Waals surface area (Å²) < 4.78 is 4.93. The van der Waals surface area contributed by atoms with Gasteiger partial charge >= 0.3 is 5.97 Å². The van der Waals surface area contributed by atoms with Crippen LogP contribution in [0.2, 0.25) is 0 Å². The van der Waals surface area contributed by atoms with Crippen LogP contribution in [0.4, 0.5) is 5.69 Å². The summed E-state index contributed by atoms with van der Waals surface area (Å²) in [6.45, 7) is 1.77. The van der Waals surface area contributed by atoms with Crippen molar-refractivity contribution in [1.29, 1.82) is 0 Å². The third-order valence-corrected chi connectivity index (χ3v) is 3.17. The van der Waals surface area contributed by atoms with Crippen LogP contribution in [0, 0.1) is 10.1 Å². The van der Waals surface area contributed by atoms with E-state index in [0.29, 0.717) is 11.1 Å². The van der Waals surface area contributed by atoms with E-state index in [-0.39, 0.29) is 18.0 Å². The lowest BCUT2D eigenvalue weighted by molar-refractivity contribution is -0.384. The summed E-state index contributed by atoms with van der Waals surface area (Å²) in [4.78, 5) is 34.7. The molecule has 0 heterocycles. The van der Waals surface area contributed by atoms with Crippen molar-refractivity contribution in [3.63, 3.8) is 0 Å². The zero-order chi connectivity index (χ0) is 18.2. The van der Waals surface area contributed by atoms with E-state index in [4.69, 9.17) is 4.74 Å². The number of amides is 1. The van der Waals surface area contributed by atoms with Gasteiger partial charge in [0.1, 0.15) is 5.70 Å². The molecule has 0 unspecified atom stereocenters. The molecule has 0 saturated carbocycles. The predicted octanol–water partition coefficient (Wildman–Crippen LogP) is 2.93. The van der Waals surface area contributed by atoms with Gasteiger partial charge in [-0.25, -0.2) is 4.79 Å². The van der Waals surface area contributed by atoms with Crippen molar-refractivity contribution in [3.8, 4) is 0 Å². The number of esters is 1. The summed E-state index contributed by atoms with van der Waals surface area (Å²) in [5.41, 5.74) is 0.546. The number of nitro benzene ring substituents is 1. The zero-order valence-corrected chi connectivity index (χ0v) is 13.5. The maximum absolute atomic E-state index is 12.3. The van der Waals surface area contributed by atoms with Crippen LogP contribution in [0.5, 0.6) is 0 Å². The molecule has 0 spiro atoms. The van der Waals surface area contributed by atoms with Crippen LogP contribution >= 0.6 is 0 Å². The molecule has 0 aliphatic carbocycles. The molecule has 0 aliphatic heterocycles. The molecule has 2 aromatic rings. The summed E-state index contributed by atoms with van der Waals surface area (Å²) in [5.74, 6) is -1.20. The lowest BCUT2D eigenvalue weighted by Gasteiger charge is -2.09. The Morgan fingerprint density at radius 1 is 1.16 bits per heavy atom. The van der Waals surface area contributed by atoms with E-state index in [1.54, 1.807) is 43.3 Å². The number of non-ortho nitro benzene ring substituents is 1. The minimum Gasteiger partial charge on any atom is -0.461 e. The molecule has 0 atom stereocenters. The van der Waals surface area contributed by atoms with E-state index in [1.807, 2.05) is 0 Å². The molecule has 7 nitrogen and oxygen atoms in total. The van der Waals surface area contributed by atoms with Gasteiger partial charge in [-0.3, -0.25) is 14.9 Å². The minimum absolute atomic E-state index is 0.101. The third-order valence-electron chi connectivity index (χ3n) is 3.17. The highest BCUT2D eigenvalue weighted by molar-refractivity contribution is 6.03. The van der Waals surface area contributed by atoms with Gasteiger partial charge in [0, 0.05) is 17.7 Å². The fourth-order valence-corrected chi connectivity index (χ4v) is 2.03. The van der Waals surface area contributed by atoms with Crippen LogP contribution in [0.15, 0.2) is 60.3 Å². The minimum atomic E-state index is -0.724. The number of nitro groups is 1. The molecule has 0 radical (unpaired) electrons. The Bertz CT molecular complexity index is 815. The second kappa shape index (κ2) is 8.39. The van der Waals surface area contributed by atoms with Gasteiger partial charge in [0.05, 0.1) is 11.5 Å². The molecular formula is C18H16N2O5. The van der Waals surface area contributed by atoms with E-state index in [0.717, 1.165) is 0 Å². The first-order valence-electron chi connectivity index (χ1n) is 7.51. The molecule has 0 fully saturated rings. The van der Waals surface area contributed by atoms with Crippen LogP contribution in [-0.2, 0) is 9.53 Å². The van der Waals surface area contributed by atoms with E-state index < -0.39 is 16.8 Å². The Kier molecular flexibility index (Phi) is 6.00. The van der Waals surface area contributed by atoms with Crippen LogP contribution in [0.3, 0.4) is 0 Å². The van der Waals surface area contributed by atoms with Gasteiger partial charge in [-0.05, 0) is 30.7 Å². The molecule has 0 saturated heterocycles. The number of rotatable bonds is 6. The number of carbonyl (C=O) groups is 2. The second-order valence-electron chi connectivity index (χ2n) is 4.95. The van der Waals surface area contributed by atoms with Gasteiger partial charge in [0.2, 0.25) is 0 Å². The Labute approximate surface area is 144 Å². The van der Waals surface area contributed by atoms with E-state index >= 15 is 0 Å². The summed E-state index contributed by atoms with van der Waals surface area (Å²) in [7, 11) is 0. The Hall–Kier alpha value is -3.48. The summed E-state index contributed by atoms with van der Waals surface area (Å²) >= 11 is 0. The molecule has 2 aromatic carbocycles. The molecule has 7 heteroatoms. The highest BCUT2D eigenvalue weighted by Gasteiger charge is 2.16. The quantitative estimate of drug-likeness (QED) is 0.377. The molecule has 25 heavy (non-hydrogen) atoms. The van der Waals surface area contributed by atoms with Crippen molar-refractivity contribution >= 4 is 23.6 Å². The van der Waals surface area contributed by atoms with E-state index in [9.17, 15) is 19.7 Å². The van der Waals surface area contributed by atoms with Crippen LogP contribution < -0.4 is 5.32 Å². The monoisotopic (exact) mass is 340 g/mol. The van der Waals surface area contributed by atoms with Gasteiger partial charge in [-0.2, -0.15) is 0 Å². The maximum Gasteiger partial charge on any atom is 0.354 e. The maximum atomic E-state index is 12.3. The number of hydrogen-bond acceptors (Lipinski definition) is 5. The molecule has 0 aliphatic rings. The number of carbonyl (C=O) groups excluding carboxylic acids is 2. The number of hydrogen-bond donors (Lipinski definition) is 1. The Balaban J connectivity index is 2.32. The van der Waals surface area contributed by atoms with Crippen molar-refractivity contribution in [2.45, 2.75) is 6.92 Å². The first-order chi connectivity index (χ1) is 12.0. The van der Waals surface area contributed by atoms with E-state index in [2.05, 4.69) is 5.32 Å². The van der Waals surface area contributed by atoms with Gasteiger partial charge in [0.15, 0.2) is 0 Å². The van der Waals surface area contributed by atoms with Crippen molar-refractivity contribution in [1.82, 2.24) is 5.32 Å². The van der Waals surface area contributed by atoms with Crippen molar-refractivity contribution in [2.24, 2.45) is 0 Å². The third kappa shape index (κ3) is 5.00.